The van der Waals surface area contributed by atoms with Gasteiger partial charge in [0.25, 0.3) is 5.91 Å². The molecule has 2 N–H and O–H groups in total. The Kier molecular flexibility index (Phi) is 6.07. The number of H-pyrrole nitrogens is 1. The third-order valence-corrected chi connectivity index (χ3v) is 5.06. The highest BCUT2D eigenvalue weighted by molar-refractivity contribution is 6.34. The highest BCUT2D eigenvalue weighted by Gasteiger charge is 2.12. The van der Waals surface area contributed by atoms with Crippen LogP contribution in [0.1, 0.15) is 22.3 Å². The number of aromatic amines is 1. The number of rotatable bonds is 7. The smallest absolute Gasteiger partial charge is 0.257 e. The molecule has 0 saturated carbocycles. The van der Waals surface area contributed by atoms with Gasteiger partial charge in [-0.25, -0.2) is 9.97 Å². The van der Waals surface area contributed by atoms with E-state index in [0.717, 1.165) is 36.4 Å². The van der Waals surface area contributed by atoms with E-state index in [4.69, 9.17) is 16.3 Å². The Bertz CT molecular complexity index is 1190. The number of anilines is 1. The van der Waals surface area contributed by atoms with Crippen molar-refractivity contribution < 1.29 is 9.53 Å². The maximum Gasteiger partial charge on any atom is 0.257 e. The molecule has 2 heterocycles. The summed E-state index contributed by atoms with van der Waals surface area (Å²) >= 11 is 6.10. The summed E-state index contributed by atoms with van der Waals surface area (Å²) in [6, 6.07) is 17.0. The van der Waals surface area contributed by atoms with Crippen LogP contribution >= 0.6 is 11.6 Å². The molecule has 0 bridgehead atoms. The van der Waals surface area contributed by atoms with E-state index < -0.39 is 0 Å². The summed E-state index contributed by atoms with van der Waals surface area (Å²) in [6.45, 7) is 0.738. The van der Waals surface area contributed by atoms with Crippen LogP contribution in [-0.4, -0.2) is 34.6 Å². The lowest BCUT2D eigenvalue weighted by molar-refractivity contribution is 0.102. The number of aryl methyl sites for hydroxylation is 1. The highest BCUT2D eigenvalue weighted by atomic mass is 35.5. The summed E-state index contributed by atoms with van der Waals surface area (Å²) in [6.07, 6.45) is 3.50. The fourth-order valence-electron chi connectivity index (χ4n) is 3.24. The first-order chi connectivity index (χ1) is 14.6. The minimum Gasteiger partial charge on any atom is -0.385 e. The number of aromatic nitrogens is 3. The van der Waals surface area contributed by atoms with Crippen molar-refractivity contribution in [2.45, 2.75) is 12.8 Å². The normalized spacial score (nSPS) is 11.0. The average molecular weight is 421 g/mol. The Labute approximate surface area is 179 Å². The summed E-state index contributed by atoms with van der Waals surface area (Å²) < 4.78 is 5.13. The molecule has 0 aliphatic carbocycles. The zero-order chi connectivity index (χ0) is 20.9. The van der Waals surface area contributed by atoms with Gasteiger partial charge in [0.2, 0.25) is 0 Å². The van der Waals surface area contributed by atoms with Crippen LogP contribution in [0, 0.1) is 0 Å². The van der Waals surface area contributed by atoms with Gasteiger partial charge in [-0.05, 0) is 42.7 Å². The molecule has 0 aliphatic rings. The van der Waals surface area contributed by atoms with E-state index in [1.54, 1.807) is 37.6 Å². The van der Waals surface area contributed by atoms with Crippen molar-refractivity contribution in [2.24, 2.45) is 0 Å². The molecule has 4 aromatic rings. The van der Waals surface area contributed by atoms with Gasteiger partial charge in [-0.3, -0.25) is 4.79 Å². The lowest BCUT2D eigenvalue weighted by Gasteiger charge is -2.06. The van der Waals surface area contributed by atoms with E-state index in [1.807, 2.05) is 18.2 Å². The molecule has 30 heavy (non-hydrogen) atoms. The Morgan fingerprint density at radius 3 is 2.87 bits per heavy atom. The zero-order valence-electron chi connectivity index (χ0n) is 16.5. The third-order valence-electron chi connectivity index (χ3n) is 4.73. The van der Waals surface area contributed by atoms with Gasteiger partial charge in [0.1, 0.15) is 5.82 Å². The second kappa shape index (κ2) is 9.07. The number of halogens is 1. The van der Waals surface area contributed by atoms with Crippen LogP contribution in [0.3, 0.4) is 0 Å². The Morgan fingerprint density at radius 2 is 2.03 bits per heavy atom. The number of nitrogens with one attached hydrogen (secondary N) is 2. The number of imidazole rings is 1. The van der Waals surface area contributed by atoms with E-state index in [2.05, 4.69) is 32.4 Å². The van der Waals surface area contributed by atoms with E-state index in [1.165, 1.54) is 5.56 Å². The lowest BCUT2D eigenvalue weighted by Crippen LogP contribution is -2.12. The predicted octanol–water partition coefficient (Wildman–Crippen LogP) is 5.11. The number of hydrogen-bond acceptors (Lipinski definition) is 4. The van der Waals surface area contributed by atoms with Crippen LogP contribution in [0.25, 0.3) is 22.6 Å². The summed E-state index contributed by atoms with van der Waals surface area (Å²) in [5, 5.41) is 3.23. The molecule has 7 heteroatoms. The Morgan fingerprint density at radius 1 is 1.17 bits per heavy atom. The van der Waals surface area contributed by atoms with Crippen LogP contribution in [0.5, 0.6) is 0 Å². The molecular weight excluding hydrogens is 400 g/mol. The number of benzene rings is 2. The molecule has 0 aliphatic heterocycles. The van der Waals surface area contributed by atoms with Gasteiger partial charge in [0, 0.05) is 19.3 Å². The van der Waals surface area contributed by atoms with Gasteiger partial charge < -0.3 is 15.0 Å². The number of hydrogen-bond donors (Lipinski definition) is 2. The largest absolute Gasteiger partial charge is 0.385 e. The Balaban J connectivity index is 1.55. The second-order valence-corrected chi connectivity index (χ2v) is 7.32. The van der Waals surface area contributed by atoms with Gasteiger partial charge in [-0.1, -0.05) is 41.9 Å². The molecule has 6 nitrogen and oxygen atoms in total. The molecule has 152 valence electrons. The van der Waals surface area contributed by atoms with Crippen molar-refractivity contribution in [3.05, 3.63) is 76.9 Å². The highest BCUT2D eigenvalue weighted by Crippen LogP contribution is 2.23. The van der Waals surface area contributed by atoms with Gasteiger partial charge in [-0.2, -0.15) is 0 Å². The fraction of sp³-hybridized carbons (Fsp3) is 0.174. The number of carbonyl (C=O) groups is 1. The maximum atomic E-state index is 12.5. The maximum absolute atomic E-state index is 12.5. The van der Waals surface area contributed by atoms with Crippen molar-refractivity contribution in [1.82, 2.24) is 15.0 Å². The predicted molar refractivity (Wildman–Crippen MR) is 119 cm³/mol. The standard InChI is InChI=1S/C23H21ClN4O2/c1-30-11-5-7-15-6-4-8-16(12-15)21-27-20-13-17(14-25-22(20)28-21)26-23(29)18-9-2-3-10-19(18)24/h2-4,6,8-10,12-14H,5,7,11H2,1H3,(H,26,29)(H,25,27,28). The monoisotopic (exact) mass is 420 g/mol. The second-order valence-electron chi connectivity index (χ2n) is 6.91. The van der Waals surface area contributed by atoms with Crippen molar-refractivity contribution in [2.75, 3.05) is 19.0 Å². The van der Waals surface area contributed by atoms with Gasteiger partial charge in [-0.15, -0.1) is 0 Å². The van der Waals surface area contributed by atoms with E-state index >= 15 is 0 Å². The molecule has 0 unspecified atom stereocenters. The number of pyridine rings is 1. The SMILES string of the molecule is COCCCc1cccc(-c2nc3ncc(NC(=O)c4ccccc4Cl)cc3[nH]2)c1. The fourth-order valence-corrected chi connectivity index (χ4v) is 3.47. The number of carbonyl (C=O) groups excluding carboxylic acids is 1. The number of nitrogens with zero attached hydrogens (tertiary/aromatic N) is 2. The van der Waals surface area contributed by atoms with Crippen molar-refractivity contribution >= 4 is 34.4 Å². The molecule has 0 atom stereocenters. The zero-order valence-corrected chi connectivity index (χ0v) is 17.2. The number of amides is 1. The van der Waals surface area contributed by atoms with Crippen molar-refractivity contribution in [3.63, 3.8) is 0 Å². The quantitative estimate of drug-likeness (QED) is 0.407. The number of fused-ring (bicyclic) bond motifs is 1. The van der Waals surface area contributed by atoms with E-state index in [-0.39, 0.29) is 5.91 Å². The summed E-state index contributed by atoms with van der Waals surface area (Å²) in [5.74, 6) is 0.450. The summed E-state index contributed by atoms with van der Waals surface area (Å²) in [5.41, 5.74) is 4.53. The minimum atomic E-state index is -0.287. The molecule has 0 saturated heterocycles. The first-order valence-electron chi connectivity index (χ1n) is 9.64. The lowest BCUT2D eigenvalue weighted by atomic mass is 10.1. The Hall–Kier alpha value is -3.22. The first kappa shape index (κ1) is 20.1. The van der Waals surface area contributed by atoms with Crippen LogP contribution in [0.4, 0.5) is 5.69 Å². The van der Waals surface area contributed by atoms with E-state index in [0.29, 0.717) is 21.9 Å². The molecule has 1 amide bonds. The van der Waals surface area contributed by atoms with Crippen LogP contribution in [0.2, 0.25) is 5.02 Å². The first-order valence-corrected chi connectivity index (χ1v) is 10.0. The van der Waals surface area contributed by atoms with Gasteiger partial charge in [0.05, 0.1) is 28.0 Å². The van der Waals surface area contributed by atoms with Crippen molar-refractivity contribution in [3.8, 4) is 11.4 Å². The number of ether oxygens (including phenoxy) is 1. The number of methoxy groups -OCH3 is 1. The van der Waals surface area contributed by atoms with Gasteiger partial charge in [0.15, 0.2) is 5.65 Å². The van der Waals surface area contributed by atoms with Crippen LogP contribution in [0.15, 0.2) is 60.8 Å². The third kappa shape index (κ3) is 4.50. The molecule has 0 fully saturated rings. The molecule has 0 spiro atoms. The molecule has 0 radical (unpaired) electrons. The van der Waals surface area contributed by atoms with Gasteiger partial charge >= 0.3 is 0 Å². The van der Waals surface area contributed by atoms with E-state index in [9.17, 15) is 4.79 Å². The van der Waals surface area contributed by atoms with Crippen molar-refractivity contribution in [1.29, 1.82) is 0 Å². The summed E-state index contributed by atoms with van der Waals surface area (Å²) in [4.78, 5) is 24.7. The molecule has 2 aromatic carbocycles. The topological polar surface area (TPSA) is 79.9 Å². The van der Waals surface area contributed by atoms with Crippen LogP contribution < -0.4 is 5.32 Å². The molecule has 2 aromatic heterocycles. The summed E-state index contributed by atoms with van der Waals surface area (Å²) in [7, 11) is 1.71. The van der Waals surface area contributed by atoms with Crippen LogP contribution in [-0.2, 0) is 11.2 Å². The molecule has 4 rings (SSSR count). The molecular formula is C23H21ClN4O2. The minimum absolute atomic E-state index is 0.287. The average Bonchev–Trinajstić information content (AvgIpc) is 3.18.